The molecule has 0 spiro atoms. The minimum atomic E-state index is -0.190. The summed E-state index contributed by atoms with van der Waals surface area (Å²) in [4.78, 5) is 17.8. The molecule has 1 atom stereocenters. The Morgan fingerprint density at radius 1 is 1.21 bits per heavy atom. The lowest BCUT2D eigenvalue weighted by atomic mass is 10.2. The second-order valence-corrected chi connectivity index (χ2v) is 6.09. The SMILES string of the molecule is CC(Nc1ccc2[nH]c(=O)[nH]c2c1)c1ccc(Cl)s1. The van der Waals surface area contributed by atoms with Crippen LogP contribution in [0.15, 0.2) is 35.1 Å². The normalized spacial score (nSPS) is 12.7. The summed E-state index contributed by atoms with van der Waals surface area (Å²) in [6.07, 6.45) is 0. The third-order valence-electron chi connectivity index (χ3n) is 2.92. The van der Waals surface area contributed by atoms with E-state index in [9.17, 15) is 4.79 Å². The summed E-state index contributed by atoms with van der Waals surface area (Å²) >= 11 is 7.50. The molecule has 3 N–H and O–H groups in total. The molecule has 6 heteroatoms. The topological polar surface area (TPSA) is 60.7 Å². The molecular formula is C13H12ClN3OS. The first-order valence-electron chi connectivity index (χ1n) is 5.85. The average molecular weight is 294 g/mol. The Hall–Kier alpha value is -1.72. The predicted octanol–water partition coefficient (Wildman–Crippen LogP) is 3.74. The third-order valence-corrected chi connectivity index (χ3v) is 4.33. The standard InChI is InChI=1S/C13H12ClN3OS/c1-7(11-4-5-12(14)19-11)15-8-2-3-9-10(6-8)17-13(18)16-9/h2-7,15H,1H3,(H2,16,17,18). The number of H-pyrrole nitrogens is 2. The van der Waals surface area contributed by atoms with Crippen molar-refractivity contribution in [3.8, 4) is 0 Å². The molecule has 19 heavy (non-hydrogen) atoms. The number of aromatic amines is 2. The van der Waals surface area contributed by atoms with Crippen molar-refractivity contribution in [1.29, 1.82) is 0 Å². The minimum Gasteiger partial charge on any atom is -0.378 e. The highest BCUT2D eigenvalue weighted by Gasteiger charge is 2.08. The van der Waals surface area contributed by atoms with E-state index in [0.717, 1.165) is 21.1 Å². The van der Waals surface area contributed by atoms with E-state index in [4.69, 9.17) is 11.6 Å². The Kier molecular flexibility index (Phi) is 3.08. The Bertz CT molecular complexity index is 773. The number of halogens is 1. The Labute approximate surface area is 118 Å². The summed E-state index contributed by atoms with van der Waals surface area (Å²) in [6, 6.07) is 9.81. The quantitative estimate of drug-likeness (QED) is 0.689. The fraction of sp³-hybridized carbons (Fsp3) is 0.154. The number of rotatable bonds is 3. The molecule has 0 fully saturated rings. The van der Waals surface area contributed by atoms with Gasteiger partial charge in [-0.15, -0.1) is 11.3 Å². The van der Waals surface area contributed by atoms with E-state index in [1.165, 1.54) is 4.88 Å². The Morgan fingerprint density at radius 2 is 2.00 bits per heavy atom. The van der Waals surface area contributed by atoms with Gasteiger partial charge in [0.25, 0.3) is 0 Å². The lowest BCUT2D eigenvalue weighted by Gasteiger charge is -2.13. The smallest absolute Gasteiger partial charge is 0.323 e. The van der Waals surface area contributed by atoms with Gasteiger partial charge in [-0.3, -0.25) is 0 Å². The molecule has 0 aliphatic rings. The van der Waals surface area contributed by atoms with Crippen LogP contribution in [-0.2, 0) is 0 Å². The molecule has 1 unspecified atom stereocenters. The molecule has 0 amide bonds. The maximum absolute atomic E-state index is 11.2. The molecule has 4 nitrogen and oxygen atoms in total. The number of hydrogen-bond donors (Lipinski definition) is 3. The lowest BCUT2D eigenvalue weighted by molar-refractivity contribution is 0.908. The summed E-state index contributed by atoms with van der Waals surface area (Å²) < 4.78 is 0.786. The molecule has 3 aromatic rings. The van der Waals surface area contributed by atoms with Gasteiger partial charge in [-0.05, 0) is 37.3 Å². The van der Waals surface area contributed by atoms with Gasteiger partial charge in [-0.25, -0.2) is 4.79 Å². The molecule has 98 valence electrons. The zero-order valence-corrected chi connectivity index (χ0v) is 11.7. The first-order valence-corrected chi connectivity index (χ1v) is 7.05. The number of thiophene rings is 1. The lowest BCUT2D eigenvalue weighted by Crippen LogP contribution is -2.04. The van der Waals surface area contributed by atoms with Crippen LogP contribution in [0.25, 0.3) is 11.0 Å². The molecule has 0 bridgehead atoms. The Morgan fingerprint density at radius 3 is 2.74 bits per heavy atom. The van der Waals surface area contributed by atoms with Gasteiger partial charge < -0.3 is 15.3 Å². The van der Waals surface area contributed by atoms with Crippen molar-refractivity contribution >= 4 is 39.7 Å². The number of aromatic nitrogens is 2. The van der Waals surface area contributed by atoms with E-state index in [-0.39, 0.29) is 11.7 Å². The van der Waals surface area contributed by atoms with Gasteiger partial charge in [0.1, 0.15) is 0 Å². The molecular weight excluding hydrogens is 282 g/mol. The molecule has 0 saturated heterocycles. The van der Waals surface area contributed by atoms with Crippen LogP contribution in [0.4, 0.5) is 5.69 Å². The first-order chi connectivity index (χ1) is 9.11. The van der Waals surface area contributed by atoms with E-state index in [0.29, 0.717) is 0 Å². The van der Waals surface area contributed by atoms with Crippen LogP contribution in [0.2, 0.25) is 4.34 Å². The summed E-state index contributed by atoms with van der Waals surface area (Å²) in [5.41, 5.74) is 2.37. The minimum absolute atomic E-state index is 0.167. The van der Waals surface area contributed by atoms with Crippen LogP contribution in [0.3, 0.4) is 0 Å². The second kappa shape index (κ2) is 4.75. The van der Waals surface area contributed by atoms with E-state index >= 15 is 0 Å². The van der Waals surface area contributed by atoms with Gasteiger partial charge in [-0.2, -0.15) is 0 Å². The van der Waals surface area contributed by atoms with Gasteiger partial charge in [0, 0.05) is 10.6 Å². The molecule has 1 aromatic carbocycles. The van der Waals surface area contributed by atoms with Gasteiger partial charge in [0.2, 0.25) is 0 Å². The largest absolute Gasteiger partial charge is 0.378 e. The molecule has 0 saturated carbocycles. The van der Waals surface area contributed by atoms with E-state index in [1.807, 2.05) is 30.3 Å². The molecule has 0 aliphatic heterocycles. The average Bonchev–Trinajstić information content (AvgIpc) is 2.93. The molecule has 0 aliphatic carbocycles. The predicted molar refractivity (Wildman–Crippen MR) is 80.3 cm³/mol. The Balaban J connectivity index is 1.86. The highest BCUT2D eigenvalue weighted by atomic mass is 35.5. The second-order valence-electron chi connectivity index (χ2n) is 4.35. The number of imidazole rings is 1. The van der Waals surface area contributed by atoms with Crippen molar-refractivity contribution in [2.75, 3.05) is 5.32 Å². The zero-order chi connectivity index (χ0) is 13.4. The van der Waals surface area contributed by atoms with Crippen LogP contribution in [0, 0.1) is 0 Å². The van der Waals surface area contributed by atoms with Gasteiger partial charge >= 0.3 is 5.69 Å². The zero-order valence-electron chi connectivity index (χ0n) is 10.2. The summed E-state index contributed by atoms with van der Waals surface area (Å²) in [6.45, 7) is 2.08. The molecule has 3 rings (SSSR count). The molecule has 2 aromatic heterocycles. The van der Waals surface area contributed by atoms with E-state index in [1.54, 1.807) is 11.3 Å². The van der Waals surface area contributed by atoms with E-state index < -0.39 is 0 Å². The first kappa shape index (κ1) is 12.3. The number of nitrogens with one attached hydrogen (secondary N) is 3. The van der Waals surface area contributed by atoms with Gasteiger partial charge in [0.05, 0.1) is 21.4 Å². The van der Waals surface area contributed by atoms with Crippen LogP contribution in [-0.4, -0.2) is 9.97 Å². The molecule has 0 radical (unpaired) electrons. The molecule has 2 heterocycles. The fourth-order valence-electron chi connectivity index (χ4n) is 2.00. The maximum Gasteiger partial charge on any atom is 0.323 e. The van der Waals surface area contributed by atoms with Crippen LogP contribution < -0.4 is 11.0 Å². The van der Waals surface area contributed by atoms with Crippen molar-refractivity contribution in [1.82, 2.24) is 9.97 Å². The number of hydrogen-bond acceptors (Lipinski definition) is 3. The van der Waals surface area contributed by atoms with E-state index in [2.05, 4.69) is 22.2 Å². The van der Waals surface area contributed by atoms with Crippen molar-refractivity contribution < 1.29 is 0 Å². The summed E-state index contributed by atoms with van der Waals surface area (Å²) in [5.74, 6) is 0. The van der Waals surface area contributed by atoms with Crippen molar-refractivity contribution in [3.05, 3.63) is 50.0 Å². The highest BCUT2D eigenvalue weighted by molar-refractivity contribution is 7.16. The number of fused-ring (bicyclic) bond motifs is 1. The summed E-state index contributed by atoms with van der Waals surface area (Å²) in [7, 11) is 0. The third kappa shape index (κ3) is 2.52. The maximum atomic E-state index is 11.2. The van der Waals surface area contributed by atoms with Crippen molar-refractivity contribution in [3.63, 3.8) is 0 Å². The van der Waals surface area contributed by atoms with Gasteiger partial charge in [-0.1, -0.05) is 11.6 Å². The number of anilines is 1. The van der Waals surface area contributed by atoms with Crippen molar-refractivity contribution in [2.24, 2.45) is 0 Å². The number of benzene rings is 1. The van der Waals surface area contributed by atoms with Crippen LogP contribution >= 0.6 is 22.9 Å². The summed E-state index contributed by atoms with van der Waals surface area (Å²) in [5, 5.41) is 3.39. The monoisotopic (exact) mass is 293 g/mol. The van der Waals surface area contributed by atoms with Gasteiger partial charge in [0.15, 0.2) is 0 Å². The van der Waals surface area contributed by atoms with Crippen LogP contribution in [0.1, 0.15) is 17.8 Å². The fourth-order valence-corrected chi connectivity index (χ4v) is 3.07. The van der Waals surface area contributed by atoms with Crippen molar-refractivity contribution in [2.45, 2.75) is 13.0 Å². The van der Waals surface area contributed by atoms with Crippen LogP contribution in [0.5, 0.6) is 0 Å². The highest BCUT2D eigenvalue weighted by Crippen LogP contribution is 2.29.